The first-order chi connectivity index (χ1) is 15.0. The molecule has 1 saturated heterocycles. The average Bonchev–Trinajstić information content (AvgIpc) is 3.32. The molecule has 0 radical (unpaired) electrons. The van der Waals surface area contributed by atoms with E-state index in [9.17, 15) is 8.78 Å². The van der Waals surface area contributed by atoms with Crippen LogP contribution in [-0.4, -0.2) is 55.8 Å². The highest BCUT2D eigenvalue weighted by atomic mass is 35.5. The third-order valence-corrected chi connectivity index (χ3v) is 5.60. The number of benzene rings is 1. The van der Waals surface area contributed by atoms with Gasteiger partial charge in [-0.3, -0.25) is 4.98 Å². The van der Waals surface area contributed by atoms with Gasteiger partial charge >= 0.3 is 0 Å². The monoisotopic (exact) mass is 448 g/mol. The van der Waals surface area contributed by atoms with Gasteiger partial charge in [-0.1, -0.05) is 16.8 Å². The van der Waals surface area contributed by atoms with Gasteiger partial charge in [0.1, 0.15) is 36.2 Å². The largest absolute Gasteiger partial charge is 0.378 e. The Bertz CT molecular complexity index is 1260. The van der Waals surface area contributed by atoms with Crippen molar-refractivity contribution in [2.75, 3.05) is 20.3 Å². The average molecular weight is 449 g/mol. The lowest BCUT2D eigenvalue weighted by molar-refractivity contribution is -0.147. The molecule has 4 aromatic rings. The van der Waals surface area contributed by atoms with E-state index < -0.39 is 18.6 Å². The Morgan fingerprint density at radius 2 is 2.19 bits per heavy atom. The van der Waals surface area contributed by atoms with Gasteiger partial charge in [-0.15, -0.1) is 5.10 Å². The second-order valence-electron chi connectivity index (χ2n) is 7.51. The Labute approximate surface area is 180 Å². The van der Waals surface area contributed by atoms with Crippen LogP contribution in [0.2, 0.25) is 5.02 Å². The van der Waals surface area contributed by atoms with Crippen LogP contribution in [0.5, 0.6) is 0 Å². The maximum Gasteiger partial charge on any atom is 0.291 e. The summed E-state index contributed by atoms with van der Waals surface area (Å²) >= 11 is 6.22. The molecule has 31 heavy (non-hydrogen) atoms. The smallest absolute Gasteiger partial charge is 0.291 e. The van der Waals surface area contributed by atoms with Gasteiger partial charge < -0.3 is 14.0 Å². The fourth-order valence-electron chi connectivity index (χ4n) is 4.05. The molecule has 0 N–H and O–H groups in total. The van der Waals surface area contributed by atoms with Gasteiger partial charge in [0.15, 0.2) is 0 Å². The van der Waals surface area contributed by atoms with E-state index in [1.54, 1.807) is 47.0 Å². The van der Waals surface area contributed by atoms with Crippen LogP contribution in [-0.2, 0) is 22.6 Å². The van der Waals surface area contributed by atoms with Crippen molar-refractivity contribution < 1.29 is 18.3 Å². The SMILES string of the molecule is COCc1cn(Cc2nc3cnc4ccc(Cl)cc4c3n2C2CCOCC2(F)F)nn1. The lowest BCUT2D eigenvalue weighted by atomic mass is 10.0. The molecule has 3 aromatic heterocycles. The molecule has 11 heteroatoms. The van der Waals surface area contributed by atoms with Gasteiger partial charge in [-0.05, 0) is 24.6 Å². The van der Waals surface area contributed by atoms with Crippen molar-refractivity contribution in [2.45, 2.75) is 31.5 Å². The van der Waals surface area contributed by atoms with E-state index in [1.807, 2.05) is 0 Å². The molecule has 1 aromatic carbocycles. The van der Waals surface area contributed by atoms with Crippen molar-refractivity contribution in [1.29, 1.82) is 0 Å². The minimum absolute atomic E-state index is 0.155. The molecule has 1 aliphatic rings. The topological polar surface area (TPSA) is 79.9 Å². The number of pyridine rings is 1. The molecule has 8 nitrogen and oxygen atoms in total. The summed E-state index contributed by atoms with van der Waals surface area (Å²) in [6, 6.07) is 4.11. The lowest BCUT2D eigenvalue weighted by Crippen LogP contribution is -2.41. The number of nitrogens with zero attached hydrogens (tertiary/aromatic N) is 6. The molecule has 4 heterocycles. The summed E-state index contributed by atoms with van der Waals surface area (Å²) in [4.78, 5) is 9.07. The van der Waals surface area contributed by atoms with Crippen LogP contribution in [0.25, 0.3) is 21.9 Å². The van der Waals surface area contributed by atoms with Gasteiger partial charge in [-0.2, -0.15) is 0 Å². The standard InChI is InChI=1S/C20H19ClF2N6O2/c1-30-10-13-8-28(27-26-13)9-18-25-16-7-24-15-3-2-12(21)6-14(15)19(16)29(18)17-4-5-31-11-20(17,22)23/h2-3,6-8,17H,4-5,9-11H2,1H3. The number of halogens is 3. The Morgan fingerprint density at radius 1 is 1.32 bits per heavy atom. The van der Waals surface area contributed by atoms with E-state index in [0.717, 1.165) is 0 Å². The van der Waals surface area contributed by atoms with Crippen LogP contribution in [0.4, 0.5) is 8.78 Å². The van der Waals surface area contributed by atoms with Crippen molar-refractivity contribution in [3.63, 3.8) is 0 Å². The Morgan fingerprint density at radius 3 is 3.00 bits per heavy atom. The van der Waals surface area contributed by atoms with Gasteiger partial charge in [0.05, 0.1) is 30.0 Å². The van der Waals surface area contributed by atoms with Crippen LogP contribution >= 0.6 is 11.6 Å². The number of fused-ring (bicyclic) bond motifs is 3. The fourth-order valence-corrected chi connectivity index (χ4v) is 4.22. The van der Waals surface area contributed by atoms with Crippen LogP contribution in [0.1, 0.15) is 24.0 Å². The minimum Gasteiger partial charge on any atom is -0.378 e. The second-order valence-corrected chi connectivity index (χ2v) is 7.95. The molecular formula is C20H19ClF2N6O2. The first kappa shape index (κ1) is 20.2. The summed E-state index contributed by atoms with van der Waals surface area (Å²) in [7, 11) is 1.56. The number of imidazole rings is 1. The number of alkyl halides is 2. The van der Waals surface area contributed by atoms with Crippen molar-refractivity contribution in [3.05, 3.63) is 47.1 Å². The zero-order valence-corrected chi connectivity index (χ0v) is 17.4. The molecule has 5 rings (SSSR count). The zero-order chi connectivity index (χ0) is 21.6. The fraction of sp³-hybridized carbons (Fsp3) is 0.400. The van der Waals surface area contributed by atoms with Gasteiger partial charge in [-0.25, -0.2) is 18.4 Å². The summed E-state index contributed by atoms with van der Waals surface area (Å²) in [6.07, 6.45) is 3.46. The normalized spacial score (nSPS) is 18.8. The van der Waals surface area contributed by atoms with E-state index in [4.69, 9.17) is 21.1 Å². The van der Waals surface area contributed by atoms with Gasteiger partial charge in [0.2, 0.25) is 0 Å². The second kappa shape index (κ2) is 7.77. The van der Waals surface area contributed by atoms with Crippen LogP contribution in [0.3, 0.4) is 0 Å². The van der Waals surface area contributed by atoms with Crippen molar-refractivity contribution in [3.8, 4) is 0 Å². The molecular weight excluding hydrogens is 430 g/mol. The minimum atomic E-state index is -3.06. The van der Waals surface area contributed by atoms with Crippen molar-refractivity contribution in [2.24, 2.45) is 0 Å². The van der Waals surface area contributed by atoms with Crippen LogP contribution < -0.4 is 0 Å². The van der Waals surface area contributed by atoms with E-state index in [-0.39, 0.29) is 19.6 Å². The van der Waals surface area contributed by atoms with Gasteiger partial charge in [0, 0.05) is 24.1 Å². The predicted octanol–water partition coefficient (Wildman–Crippen LogP) is 3.62. The third kappa shape index (κ3) is 3.64. The Kier molecular flexibility index (Phi) is 5.07. The first-order valence-electron chi connectivity index (χ1n) is 9.75. The highest BCUT2D eigenvalue weighted by molar-refractivity contribution is 6.31. The maximum atomic E-state index is 15.0. The first-order valence-corrected chi connectivity index (χ1v) is 10.1. The predicted molar refractivity (Wildman–Crippen MR) is 109 cm³/mol. The summed E-state index contributed by atoms with van der Waals surface area (Å²) in [5.74, 6) is -2.62. The van der Waals surface area contributed by atoms with E-state index >= 15 is 0 Å². The molecule has 0 spiro atoms. The Hall–Kier alpha value is -2.69. The molecule has 0 aliphatic carbocycles. The number of ether oxygens (including phenoxy) is 2. The highest BCUT2D eigenvalue weighted by Crippen LogP contribution is 2.40. The van der Waals surface area contributed by atoms with E-state index in [1.165, 1.54) is 0 Å². The quantitative estimate of drug-likeness (QED) is 0.464. The molecule has 0 saturated carbocycles. The zero-order valence-electron chi connectivity index (χ0n) is 16.6. The molecule has 1 atom stereocenters. The lowest BCUT2D eigenvalue weighted by Gasteiger charge is -2.33. The van der Waals surface area contributed by atoms with Gasteiger partial charge in [0.25, 0.3) is 5.92 Å². The van der Waals surface area contributed by atoms with E-state index in [2.05, 4.69) is 20.3 Å². The molecule has 162 valence electrons. The number of aromatic nitrogens is 6. The van der Waals surface area contributed by atoms with Crippen molar-refractivity contribution >= 4 is 33.5 Å². The Balaban J connectivity index is 1.72. The number of hydrogen-bond acceptors (Lipinski definition) is 6. The number of methoxy groups -OCH3 is 1. The molecule has 1 aliphatic heterocycles. The molecule has 0 bridgehead atoms. The third-order valence-electron chi connectivity index (χ3n) is 5.36. The number of rotatable bonds is 5. The van der Waals surface area contributed by atoms with Crippen LogP contribution in [0.15, 0.2) is 30.6 Å². The molecule has 0 amide bonds. The highest BCUT2D eigenvalue weighted by Gasteiger charge is 2.45. The summed E-state index contributed by atoms with van der Waals surface area (Å²) in [5, 5.41) is 9.29. The summed E-state index contributed by atoms with van der Waals surface area (Å²) < 4.78 is 43.3. The van der Waals surface area contributed by atoms with Crippen LogP contribution in [0, 0.1) is 0 Å². The summed E-state index contributed by atoms with van der Waals surface area (Å²) in [6.45, 7) is 0.0781. The molecule has 1 unspecified atom stereocenters. The molecule has 1 fully saturated rings. The maximum absolute atomic E-state index is 15.0. The summed E-state index contributed by atoms with van der Waals surface area (Å²) in [5.41, 5.74) is 2.39. The van der Waals surface area contributed by atoms with Crippen molar-refractivity contribution in [1.82, 2.24) is 29.5 Å². The van der Waals surface area contributed by atoms with E-state index in [0.29, 0.717) is 45.1 Å². The number of hydrogen-bond donors (Lipinski definition) is 0.